The maximum absolute atomic E-state index is 12.5. The van der Waals surface area contributed by atoms with Gasteiger partial charge in [0, 0.05) is 44.1 Å². The monoisotopic (exact) mass is 392 g/mol. The fourth-order valence-electron chi connectivity index (χ4n) is 3.75. The van der Waals surface area contributed by atoms with Crippen molar-refractivity contribution in [2.24, 2.45) is 11.8 Å². The van der Waals surface area contributed by atoms with Crippen molar-refractivity contribution in [2.45, 2.75) is 13.0 Å². The average Bonchev–Trinajstić information content (AvgIpc) is 3.55. The van der Waals surface area contributed by atoms with Crippen molar-refractivity contribution >= 4 is 23.2 Å². The average molecular weight is 393 g/mol. The lowest BCUT2D eigenvalue weighted by atomic mass is 10.2. The molecule has 0 radical (unpaired) electrons. The summed E-state index contributed by atoms with van der Waals surface area (Å²) in [6.45, 7) is 4.66. The van der Waals surface area contributed by atoms with Crippen LogP contribution in [0.4, 0.5) is 11.4 Å². The van der Waals surface area contributed by atoms with E-state index in [9.17, 15) is 9.59 Å². The first-order valence-electron chi connectivity index (χ1n) is 10.3. The van der Waals surface area contributed by atoms with E-state index in [-0.39, 0.29) is 23.7 Å². The lowest BCUT2D eigenvalue weighted by Gasteiger charge is -2.34. The van der Waals surface area contributed by atoms with E-state index in [1.54, 1.807) is 0 Å². The predicted octanol–water partition coefficient (Wildman–Crippen LogP) is 2.33. The number of hydrogen-bond acceptors (Lipinski definition) is 4. The van der Waals surface area contributed by atoms with Crippen LogP contribution in [-0.2, 0) is 16.1 Å². The third-order valence-corrected chi connectivity index (χ3v) is 5.78. The van der Waals surface area contributed by atoms with E-state index >= 15 is 0 Å². The Balaban J connectivity index is 1.24. The molecule has 0 aromatic heterocycles. The van der Waals surface area contributed by atoms with Crippen LogP contribution in [0.25, 0.3) is 0 Å². The number of amides is 2. The SMILES string of the molecule is CN1CCN(c2ccc(NC(=O)C3CC3C(=O)NCc3ccccc3)cc2)CC1. The lowest BCUT2D eigenvalue weighted by Crippen LogP contribution is -2.44. The number of carbonyl (C=O) groups is 2. The molecule has 2 atom stereocenters. The number of rotatable bonds is 6. The summed E-state index contributed by atoms with van der Waals surface area (Å²) in [5.74, 6) is -0.567. The normalized spacial score (nSPS) is 21.5. The van der Waals surface area contributed by atoms with Crippen molar-refractivity contribution in [3.63, 3.8) is 0 Å². The number of likely N-dealkylation sites (N-methyl/N-ethyl adjacent to an activating group) is 1. The third kappa shape index (κ3) is 4.95. The topological polar surface area (TPSA) is 64.7 Å². The van der Waals surface area contributed by atoms with E-state index in [0.717, 1.165) is 37.4 Å². The van der Waals surface area contributed by atoms with Crippen molar-refractivity contribution < 1.29 is 9.59 Å². The molecule has 2 fully saturated rings. The Bertz CT molecular complexity index is 845. The zero-order chi connectivity index (χ0) is 20.2. The molecule has 6 heteroatoms. The molecule has 2 N–H and O–H groups in total. The van der Waals surface area contributed by atoms with Gasteiger partial charge in [-0.3, -0.25) is 9.59 Å². The van der Waals surface area contributed by atoms with Gasteiger partial charge in [-0.05, 0) is 43.3 Å². The Morgan fingerprint density at radius 2 is 1.55 bits per heavy atom. The van der Waals surface area contributed by atoms with Gasteiger partial charge in [0.25, 0.3) is 0 Å². The molecular weight excluding hydrogens is 364 g/mol. The number of anilines is 2. The molecule has 1 saturated carbocycles. The molecule has 6 nitrogen and oxygen atoms in total. The van der Waals surface area contributed by atoms with Gasteiger partial charge in [-0.25, -0.2) is 0 Å². The van der Waals surface area contributed by atoms with Crippen molar-refractivity contribution in [1.82, 2.24) is 10.2 Å². The van der Waals surface area contributed by atoms with Crippen molar-refractivity contribution in [3.8, 4) is 0 Å². The number of nitrogens with one attached hydrogen (secondary N) is 2. The number of carbonyl (C=O) groups excluding carboxylic acids is 2. The van der Waals surface area contributed by atoms with E-state index in [0.29, 0.717) is 13.0 Å². The van der Waals surface area contributed by atoms with E-state index in [4.69, 9.17) is 0 Å². The van der Waals surface area contributed by atoms with Crippen LogP contribution in [0.2, 0.25) is 0 Å². The Hall–Kier alpha value is -2.86. The molecule has 0 bridgehead atoms. The Morgan fingerprint density at radius 3 is 2.24 bits per heavy atom. The number of hydrogen-bond donors (Lipinski definition) is 2. The Kier molecular flexibility index (Phi) is 5.81. The van der Waals surface area contributed by atoms with Crippen molar-refractivity contribution in [1.29, 1.82) is 0 Å². The summed E-state index contributed by atoms with van der Waals surface area (Å²) >= 11 is 0. The fraction of sp³-hybridized carbons (Fsp3) is 0.391. The van der Waals surface area contributed by atoms with Crippen LogP contribution in [0, 0.1) is 11.8 Å². The van der Waals surface area contributed by atoms with Gasteiger partial charge < -0.3 is 20.4 Å². The summed E-state index contributed by atoms with van der Waals surface area (Å²) in [6.07, 6.45) is 0.617. The molecule has 0 spiro atoms. The maximum atomic E-state index is 12.5. The second-order valence-corrected chi connectivity index (χ2v) is 7.98. The van der Waals surface area contributed by atoms with Crippen LogP contribution < -0.4 is 15.5 Å². The van der Waals surface area contributed by atoms with Gasteiger partial charge in [0.1, 0.15) is 0 Å². The molecule has 2 aromatic carbocycles. The first-order chi connectivity index (χ1) is 14.1. The first kappa shape index (κ1) is 19.5. The Labute approximate surface area is 171 Å². The second kappa shape index (κ2) is 8.66. The molecule has 1 aliphatic heterocycles. The van der Waals surface area contributed by atoms with Crippen LogP contribution in [0.1, 0.15) is 12.0 Å². The number of nitrogens with zero attached hydrogens (tertiary/aromatic N) is 2. The van der Waals surface area contributed by atoms with Crippen molar-refractivity contribution in [3.05, 3.63) is 60.2 Å². The van der Waals surface area contributed by atoms with E-state index < -0.39 is 0 Å². The zero-order valence-corrected chi connectivity index (χ0v) is 16.8. The summed E-state index contributed by atoms with van der Waals surface area (Å²) < 4.78 is 0. The minimum Gasteiger partial charge on any atom is -0.369 e. The zero-order valence-electron chi connectivity index (χ0n) is 16.8. The molecule has 2 aromatic rings. The molecule has 2 amide bonds. The van der Waals surface area contributed by atoms with Gasteiger partial charge >= 0.3 is 0 Å². The standard InChI is InChI=1S/C23H28N4O2/c1-26-11-13-27(14-12-26)19-9-7-18(8-10-19)25-23(29)21-15-20(21)22(28)24-16-17-5-3-2-4-6-17/h2-10,20-21H,11-16H2,1H3,(H,24,28)(H,25,29). The molecule has 1 saturated heterocycles. The second-order valence-electron chi connectivity index (χ2n) is 7.98. The summed E-state index contributed by atoms with van der Waals surface area (Å²) in [7, 11) is 2.14. The first-order valence-corrected chi connectivity index (χ1v) is 10.3. The van der Waals surface area contributed by atoms with Crippen LogP contribution in [0.15, 0.2) is 54.6 Å². The molecule has 2 aliphatic rings. The lowest BCUT2D eigenvalue weighted by molar-refractivity contribution is -0.125. The highest BCUT2D eigenvalue weighted by Crippen LogP contribution is 2.39. The smallest absolute Gasteiger partial charge is 0.228 e. The molecule has 2 unspecified atom stereocenters. The van der Waals surface area contributed by atoms with Gasteiger partial charge in [0.2, 0.25) is 11.8 Å². The molecule has 152 valence electrons. The molecule has 1 aliphatic carbocycles. The van der Waals surface area contributed by atoms with Crippen LogP contribution >= 0.6 is 0 Å². The van der Waals surface area contributed by atoms with Gasteiger partial charge in [-0.2, -0.15) is 0 Å². The van der Waals surface area contributed by atoms with Crippen LogP contribution in [0.3, 0.4) is 0 Å². The Morgan fingerprint density at radius 1 is 0.897 bits per heavy atom. The molecule has 1 heterocycles. The van der Waals surface area contributed by atoms with Gasteiger partial charge in [0.15, 0.2) is 0 Å². The van der Waals surface area contributed by atoms with Gasteiger partial charge in [-0.1, -0.05) is 30.3 Å². The molecule has 4 rings (SSSR count). The fourth-order valence-corrected chi connectivity index (χ4v) is 3.75. The van der Waals surface area contributed by atoms with Crippen LogP contribution in [0.5, 0.6) is 0 Å². The van der Waals surface area contributed by atoms with E-state index in [1.165, 1.54) is 5.69 Å². The van der Waals surface area contributed by atoms with Crippen molar-refractivity contribution in [2.75, 3.05) is 43.4 Å². The minimum absolute atomic E-state index is 0.0422. The summed E-state index contributed by atoms with van der Waals surface area (Å²) in [5.41, 5.74) is 3.02. The summed E-state index contributed by atoms with van der Waals surface area (Å²) in [5, 5.41) is 5.88. The predicted molar refractivity (Wildman–Crippen MR) is 115 cm³/mol. The van der Waals surface area contributed by atoms with Crippen LogP contribution in [-0.4, -0.2) is 49.9 Å². The molecule has 29 heavy (non-hydrogen) atoms. The number of benzene rings is 2. The summed E-state index contributed by atoms with van der Waals surface area (Å²) in [4.78, 5) is 29.5. The highest BCUT2D eigenvalue weighted by atomic mass is 16.2. The largest absolute Gasteiger partial charge is 0.369 e. The van der Waals surface area contributed by atoms with E-state index in [1.807, 2.05) is 42.5 Å². The highest BCUT2D eigenvalue weighted by molar-refractivity contribution is 5.99. The number of piperazine rings is 1. The maximum Gasteiger partial charge on any atom is 0.228 e. The third-order valence-electron chi connectivity index (χ3n) is 5.78. The molecular formula is C23H28N4O2. The summed E-state index contributed by atoms with van der Waals surface area (Å²) in [6, 6.07) is 17.8. The van der Waals surface area contributed by atoms with E-state index in [2.05, 4.69) is 39.6 Å². The van der Waals surface area contributed by atoms with Gasteiger partial charge in [0.05, 0.1) is 11.8 Å². The minimum atomic E-state index is -0.233. The van der Waals surface area contributed by atoms with Gasteiger partial charge in [-0.15, -0.1) is 0 Å². The highest BCUT2D eigenvalue weighted by Gasteiger charge is 2.47. The quantitative estimate of drug-likeness (QED) is 0.792.